The van der Waals surface area contributed by atoms with Crippen LogP contribution in [0.1, 0.15) is 12.5 Å². The lowest BCUT2D eigenvalue weighted by Gasteiger charge is -2.18. The molecule has 1 aromatic rings. The van der Waals surface area contributed by atoms with E-state index in [-0.39, 0.29) is 0 Å². The van der Waals surface area contributed by atoms with E-state index in [4.69, 9.17) is 11.6 Å². The topological polar surface area (TPSA) is 40.8 Å². The molecule has 19 heavy (non-hydrogen) atoms. The van der Waals surface area contributed by atoms with Crippen LogP contribution in [0.4, 0.5) is 0 Å². The van der Waals surface area contributed by atoms with E-state index in [2.05, 4.69) is 35.3 Å². The fourth-order valence-corrected chi connectivity index (χ4v) is 2.64. The predicted octanol–water partition coefficient (Wildman–Crippen LogP) is 1.07. The second-order valence-corrected chi connectivity index (χ2v) is 5.53. The summed E-state index contributed by atoms with van der Waals surface area (Å²) in [4.78, 5) is 4.22. The zero-order chi connectivity index (χ0) is 13.7. The average Bonchev–Trinajstić information content (AvgIpc) is 2.83. The van der Waals surface area contributed by atoms with Crippen LogP contribution in [0.15, 0.2) is 31.0 Å². The lowest BCUT2D eigenvalue weighted by molar-refractivity contribution is -0.704. The third-order valence-electron chi connectivity index (χ3n) is 3.62. The number of nitrogens with one attached hydrogen (secondary N) is 2. The van der Waals surface area contributed by atoms with Gasteiger partial charge in [0.2, 0.25) is 0 Å². The van der Waals surface area contributed by atoms with Crippen molar-refractivity contribution in [3.63, 3.8) is 0 Å². The first kappa shape index (κ1) is 14.3. The summed E-state index contributed by atoms with van der Waals surface area (Å²) < 4.78 is 2.03. The zero-order valence-electron chi connectivity index (χ0n) is 11.4. The summed E-state index contributed by atoms with van der Waals surface area (Å²) in [7, 11) is 0. The van der Waals surface area contributed by atoms with Gasteiger partial charge in [0, 0.05) is 29.6 Å². The number of aromatic nitrogens is 2. The van der Waals surface area contributed by atoms with Gasteiger partial charge in [0.1, 0.15) is 6.20 Å². The Morgan fingerprint density at radius 1 is 1.63 bits per heavy atom. The normalized spacial score (nSPS) is 22.4. The number of rotatable bonds is 6. The van der Waals surface area contributed by atoms with Crippen LogP contribution in [0, 0.1) is 11.8 Å². The van der Waals surface area contributed by atoms with Gasteiger partial charge in [-0.2, -0.15) is 0 Å². The Morgan fingerprint density at radius 3 is 3.16 bits per heavy atom. The van der Waals surface area contributed by atoms with E-state index in [0.717, 1.165) is 30.8 Å². The fourth-order valence-electron chi connectivity index (χ4n) is 2.42. The van der Waals surface area contributed by atoms with Crippen molar-refractivity contribution in [2.24, 2.45) is 11.8 Å². The molecule has 2 atom stereocenters. The van der Waals surface area contributed by atoms with Gasteiger partial charge in [0.25, 0.3) is 6.33 Å². The summed E-state index contributed by atoms with van der Waals surface area (Å²) in [5.41, 5.74) is 2.26. The molecule has 1 aliphatic rings. The zero-order valence-corrected chi connectivity index (χ0v) is 12.2. The molecule has 0 aromatic carbocycles. The summed E-state index contributed by atoms with van der Waals surface area (Å²) in [5.74, 6) is 1.78. The molecule has 104 valence electrons. The molecular formula is C14H22ClN4+. The second-order valence-electron chi connectivity index (χ2n) is 5.15. The number of hydrogen-bond donors (Lipinski definition) is 2. The molecule has 1 aromatic heterocycles. The number of halogens is 1. The minimum Gasteiger partial charge on any atom is -0.353 e. The summed E-state index contributed by atoms with van der Waals surface area (Å²) in [5, 5.41) is 6.79. The third kappa shape index (κ3) is 3.91. The monoisotopic (exact) mass is 281 g/mol. The van der Waals surface area contributed by atoms with Gasteiger partial charge in [-0.25, -0.2) is 4.57 Å². The maximum absolute atomic E-state index is 5.74. The summed E-state index contributed by atoms with van der Waals surface area (Å²) in [6.07, 6.45) is 6.59. The molecule has 2 unspecified atom stereocenters. The van der Waals surface area contributed by atoms with Gasteiger partial charge < -0.3 is 10.6 Å². The molecule has 2 rings (SSSR count). The van der Waals surface area contributed by atoms with E-state index < -0.39 is 0 Å². The van der Waals surface area contributed by atoms with Gasteiger partial charge in [0.05, 0.1) is 6.20 Å². The molecule has 4 nitrogen and oxygen atoms in total. The van der Waals surface area contributed by atoms with Crippen LogP contribution >= 0.6 is 11.6 Å². The van der Waals surface area contributed by atoms with Gasteiger partial charge in [-0.15, -0.1) is 11.6 Å². The Kier molecular flexibility index (Phi) is 5.16. The highest BCUT2D eigenvalue weighted by Crippen LogP contribution is 2.20. The summed E-state index contributed by atoms with van der Waals surface area (Å²) in [6, 6.07) is 0. The van der Waals surface area contributed by atoms with Gasteiger partial charge in [0.15, 0.2) is 6.67 Å². The van der Waals surface area contributed by atoms with Gasteiger partial charge in [-0.05, 0) is 18.9 Å². The van der Waals surface area contributed by atoms with Crippen LogP contribution in [-0.4, -0.2) is 24.0 Å². The van der Waals surface area contributed by atoms with Crippen molar-refractivity contribution in [1.29, 1.82) is 0 Å². The highest BCUT2D eigenvalue weighted by atomic mass is 35.5. The molecule has 0 aliphatic carbocycles. The number of hydrogen-bond acceptors (Lipinski definition) is 3. The highest BCUT2D eigenvalue weighted by molar-refractivity contribution is 6.17. The molecule has 1 fully saturated rings. The number of nitrogens with zero attached hydrogens (tertiary/aromatic N) is 2. The Hall–Kier alpha value is -1.13. The molecule has 0 amide bonds. The van der Waals surface area contributed by atoms with Crippen molar-refractivity contribution in [3.05, 3.63) is 36.6 Å². The maximum atomic E-state index is 5.74. The molecule has 0 spiro atoms. The van der Waals surface area contributed by atoms with Crippen molar-refractivity contribution < 1.29 is 4.57 Å². The van der Waals surface area contributed by atoms with E-state index in [1.807, 2.05) is 17.1 Å². The Labute approximate surface area is 119 Å². The van der Waals surface area contributed by atoms with Gasteiger partial charge in [-0.1, -0.05) is 18.5 Å². The molecule has 2 N–H and O–H groups in total. The first-order chi connectivity index (χ1) is 9.20. The quantitative estimate of drug-likeness (QED) is 0.605. The number of alkyl halides is 1. The van der Waals surface area contributed by atoms with Crippen LogP contribution in [0.3, 0.4) is 0 Å². The highest BCUT2D eigenvalue weighted by Gasteiger charge is 2.25. The van der Waals surface area contributed by atoms with Crippen LogP contribution in [-0.2, 0) is 13.1 Å². The molecule has 0 saturated carbocycles. The second kappa shape index (κ2) is 6.87. The number of aryl methyl sites for hydroxylation is 1. The van der Waals surface area contributed by atoms with Crippen molar-refractivity contribution in [2.45, 2.75) is 20.0 Å². The van der Waals surface area contributed by atoms with Crippen molar-refractivity contribution >= 4 is 11.6 Å². The van der Waals surface area contributed by atoms with Crippen LogP contribution in [0.5, 0.6) is 0 Å². The average molecular weight is 282 g/mol. The van der Waals surface area contributed by atoms with E-state index in [1.54, 1.807) is 0 Å². The van der Waals surface area contributed by atoms with E-state index in [9.17, 15) is 0 Å². The standard InChI is InChI=1S/C14H22ClN4/c1-11-5-16-7-14(11)12(2)18-10-19-8-13(3-4-15)6-17-9-19/h6,8-9,11,14,16,18H,2-5,7,10H2,1H3/q+1. The van der Waals surface area contributed by atoms with E-state index >= 15 is 0 Å². The van der Waals surface area contributed by atoms with Gasteiger partial charge in [-0.3, -0.25) is 0 Å². The molecule has 0 bridgehead atoms. The third-order valence-corrected chi connectivity index (χ3v) is 3.81. The molecule has 2 heterocycles. The lowest BCUT2D eigenvalue weighted by atomic mass is 9.95. The molecule has 0 radical (unpaired) electrons. The Balaban J connectivity index is 1.87. The van der Waals surface area contributed by atoms with Crippen molar-refractivity contribution in [2.75, 3.05) is 19.0 Å². The van der Waals surface area contributed by atoms with E-state index in [0.29, 0.717) is 24.4 Å². The predicted molar refractivity (Wildman–Crippen MR) is 76.7 cm³/mol. The minimum atomic E-state index is 0.514. The molecule has 5 heteroatoms. The smallest absolute Gasteiger partial charge is 0.287 e. The van der Waals surface area contributed by atoms with Crippen LogP contribution < -0.4 is 15.2 Å². The van der Waals surface area contributed by atoms with E-state index in [1.165, 1.54) is 0 Å². The summed E-state index contributed by atoms with van der Waals surface area (Å²) in [6.45, 7) is 9.20. The largest absolute Gasteiger partial charge is 0.353 e. The molecular weight excluding hydrogens is 260 g/mol. The lowest BCUT2D eigenvalue weighted by Crippen LogP contribution is -2.42. The first-order valence-corrected chi connectivity index (χ1v) is 7.26. The first-order valence-electron chi connectivity index (χ1n) is 6.73. The maximum Gasteiger partial charge on any atom is 0.287 e. The SMILES string of the molecule is C=C(NC[n+]1cncc(CCCl)c1)C1CNCC1C. The van der Waals surface area contributed by atoms with Gasteiger partial charge >= 0.3 is 0 Å². The minimum absolute atomic E-state index is 0.514. The summed E-state index contributed by atoms with van der Waals surface area (Å²) >= 11 is 5.74. The molecule has 1 aliphatic heterocycles. The van der Waals surface area contributed by atoms with Crippen molar-refractivity contribution in [1.82, 2.24) is 15.6 Å². The Bertz CT molecular complexity index is 435. The van der Waals surface area contributed by atoms with Crippen LogP contribution in [0.25, 0.3) is 0 Å². The molecule has 1 saturated heterocycles. The van der Waals surface area contributed by atoms with Crippen molar-refractivity contribution in [3.8, 4) is 0 Å². The van der Waals surface area contributed by atoms with Crippen LogP contribution in [0.2, 0.25) is 0 Å². The fraction of sp³-hybridized carbons (Fsp3) is 0.571. The Morgan fingerprint density at radius 2 is 2.47 bits per heavy atom.